The Morgan fingerprint density at radius 2 is 0.974 bits per heavy atom. The van der Waals surface area contributed by atoms with Crippen molar-refractivity contribution in [2.24, 2.45) is 0 Å². The summed E-state index contributed by atoms with van der Waals surface area (Å²) in [6.45, 7) is 11.1. The molecule has 4 heterocycles. The van der Waals surface area contributed by atoms with Gasteiger partial charge in [0.2, 0.25) is 12.6 Å². The molecule has 2 aliphatic rings. The number of esters is 3. The van der Waals surface area contributed by atoms with Crippen molar-refractivity contribution in [2.45, 2.75) is 103 Å². The zero-order valence-electron chi connectivity index (χ0n) is 42.4. The van der Waals surface area contributed by atoms with Crippen LogP contribution in [0.4, 0.5) is 0 Å². The molecule has 0 radical (unpaired) electrons. The van der Waals surface area contributed by atoms with Crippen molar-refractivity contribution in [1.82, 2.24) is 0 Å². The monoisotopic (exact) mass is 1090 g/mol. The van der Waals surface area contributed by atoms with Gasteiger partial charge in [0.25, 0.3) is 5.24 Å². The molecular formula is C54H57ClO22. The number of aryl methyl sites for hydroxylation is 2. The third-order valence-corrected chi connectivity index (χ3v) is 11.8. The molecule has 2 aromatic heterocycles. The van der Waals surface area contributed by atoms with Gasteiger partial charge in [-0.15, -0.1) is 0 Å². The fourth-order valence-electron chi connectivity index (χ4n) is 7.88. The van der Waals surface area contributed by atoms with E-state index in [0.29, 0.717) is 40.9 Å². The van der Waals surface area contributed by atoms with Crippen LogP contribution in [0.1, 0.15) is 59.5 Å². The van der Waals surface area contributed by atoms with E-state index in [2.05, 4.69) is 0 Å². The number of hydrogen-bond donors (Lipinski definition) is 5. The van der Waals surface area contributed by atoms with Crippen molar-refractivity contribution in [3.8, 4) is 23.0 Å². The highest BCUT2D eigenvalue weighted by atomic mass is 35.5. The maximum absolute atomic E-state index is 13.0. The number of aliphatic hydroxyl groups excluding tert-OH is 5. The molecule has 0 saturated carbocycles. The van der Waals surface area contributed by atoms with E-state index in [-0.39, 0.29) is 47.2 Å². The highest BCUT2D eigenvalue weighted by molar-refractivity contribution is 6.68. The predicted molar refractivity (Wildman–Crippen MR) is 271 cm³/mol. The summed E-state index contributed by atoms with van der Waals surface area (Å²) in [6, 6.07) is 25.2. The lowest BCUT2D eigenvalue weighted by molar-refractivity contribution is -0.272. The fraction of sp³-hybridized carbons (Fsp3) is 0.370. The topological polar surface area (TPSA) is 313 Å². The maximum atomic E-state index is 13.0. The number of ether oxygens (including phenoxy) is 9. The largest absolute Gasteiger partial charge is 0.493 e. The summed E-state index contributed by atoms with van der Waals surface area (Å²) in [7, 11) is 0. The molecule has 0 amide bonds. The highest BCUT2D eigenvalue weighted by Gasteiger charge is 2.52. The average Bonchev–Trinajstić information content (AvgIpc) is 3.39. The van der Waals surface area contributed by atoms with E-state index in [9.17, 15) is 54.3 Å². The van der Waals surface area contributed by atoms with E-state index < -0.39 is 95.8 Å². The van der Waals surface area contributed by atoms with Crippen molar-refractivity contribution in [3.05, 3.63) is 140 Å². The molecule has 4 unspecified atom stereocenters. The van der Waals surface area contributed by atoms with Crippen LogP contribution in [-0.4, -0.2) is 137 Å². The second-order valence-electron chi connectivity index (χ2n) is 16.9. The van der Waals surface area contributed by atoms with Crippen LogP contribution < -0.4 is 30.2 Å². The van der Waals surface area contributed by atoms with Gasteiger partial charge in [0.05, 0.1) is 32.0 Å². The van der Waals surface area contributed by atoms with Crippen LogP contribution in [0.3, 0.4) is 0 Å². The lowest BCUT2D eigenvalue weighted by atomic mass is 9.98. The van der Waals surface area contributed by atoms with Crippen LogP contribution in [0, 0.1) is 13.8 Å². The molecule has 0 aliphatic carbocycles. The zero-order chi connectivity index (χ0) is 56.1. The standard InChI is InChI=1S/C27H28O11.C18H20O9.C9H9ClO2/c1-4-33-18-9-7-6-8-17(18)25(31)37-23-21(29)22(30)27(38-24(23)26(32)34-5-2)35-15-10-11-16-14(3)12-20(28)36-19(16)13-15;1-3-24-17(23)16-14(21)13(20)15(22)18(27-16)25-9-4-5-10-8(2)6-12(19)26-11(10)7-9;1-2-12-8-6-4-3-5-7(8)9(10)11/h6-13,21-24,27,29-30H,4-5H2,1-3H3;4-7,13-16,18,20-22H,3H2,1-2H3;3-6H,2H2,1H3/t21-,22?,23-,24?,27+;13-,14+,15?,16?,18-;/m01./s1. The van der Waals surface area contributed by atoms with E-state index in [4.69, 9.17) is 63.1 Å². The molecular weight excluding hydrogens is 1040 g/mol. The number of benzene rings is 4. The van der Waals surface area contributed by atoms with Crippen molar-refractivity contribution >= 4 is 56.7 Å². The Morgan fingerprint density at radius 1 is 0.532 bits per heavy atom. The minimum absolute atomic E-state index is 0.0141. The van der Waals surface area contributed by atoms with Crippen LogP contribution in [0.5, 0.6) is 23.0 Å². The SMILES string of the molecule is CCOC(=O)C1O[C@@H](Oc2ccc3c(C)cc(=O)oc3c2)C(O)[C@H](O)[C@@H]1O.CCOC(=O)C1O[C@@H](Oc2ccc3c(C)cc(=O)oc3c2)C(O)[C@H](O)[C@@H]1OC(=O)c1ccccc1OCC.CCOc1ccccc1C(=O)Cl. The lowest BCUT2D eigenvalue weighted by Gasteiger charge is -2.40. The summed E-state index contributed by atoms with van der Waals surface area (Å²) >= 11 is 5.33. The molecule has 5 N–H and O–H groups in total. The molecule has 10 atom stereocenters. The average molecular weight is 1090 g/mol. The van der Waals surface area contributed by atoms with Crippen LogP contribution in [0.25, 0.3) is 21.9 Å². The van der Waals surface area contributed by atoms with Gasteiger partial charge in [0.1, 0.15) is 70.2 Å². The van der Waals surface area contributed by atoms with Crippen LogP contribution in [-0.2, 0) is 33.3 Å². The molecule has 0 bridgehead atoms. The van der Waals surface area contributed by atoms with Gasteiger partial charge < -0.3 is 77.0 Å². The van der Waals surface area contributed by atoms with Gasteiger partial charge in [-0.3, -0.25) is 4.79 Å². The first-order valence-electron chi connectivity index (χ1n) is 24.1. The van der Waals surface area contributed by atoms with Crippen molar-refractivity contribution in [1.29, 1.82) is 0 Å². The molecule has 4 aromatic carbocycles. The van der Waals surface area contributed by atoms with Gasteiger partial charge in [0, 0.05) is 35.0 Å². The van der Waals surface area contributed by atoms with Crippen molar-refractivity contribution in [3.63, 3.8) is 0 Å². The minimum Gasteiger partial charge on any atom is -0.493 e. The first-order valence-corrected chi connectivity index (χ1v) is 24.5. The Kier molecular flexibility index (Phi) is 20.7. The molecule has 2 saturated heterocycles. The summed E-state index contributed by atoms with van der Waals surface area (Å²) in [5.74, 6) is -1.62. The second kappa shape index (κ2) is 27.1. The molecule has 2 fully saturated rings. The number of carbonyl (C=O) groups is 4. The first kappa shape index (κ1) is 58.8. The van der Waals surface area contributed by atoms with Crippen molar-refractivity contribution in [2.75, 3.05) is 26.4 Å². The molecule has 2 aliphatic heterocycles. The van der Waals surface area contributed by atoms with E-state index in [1.165, 1.54) is 30.3 Å². The number of rotatable bonds is 15. The first-order chi connectivity index (χ1) is 36.8. The van der Waals surface area contributed by atoms with E-state index >= 15 is 0 Å². The number of para-hydroxylation sites is 2. The quantitative estimate of drug-likeness (QED) is 0.0411. The van der Waals surface area contributed by atoms with E-state index in [1.54, 1.807) is 101 Å². The Balaban J connectivity index is 0.000000213. The lowest BCUT2D eigenvalue weighted by Crippen LogP contribution is -2.62. The van der Waals surface area contributed by atoms with Crippen LogP contribution >= 0.6 is 11.6 Å². The van der Waals surface area contributed by atoms with Gasteiger partial charge in [-0.25, -0.2) is 24.0 Å². The second-order valence-corrected chi connectivity index (χ2v) is 17.2. The smallest absolute Gasteiger partial charge is 0.342 e. The molecule has 77 heavy (non-hydrogen) atoms. The number of fused-ring (bicyclic) bond motifs is 2. The number of carbonyl (C=O) groups excluding carboxylic acids is 4. The van der Waals surface area contributed by atoms with Crippen molar-refractivity contribution < 1.29 is 96.2 Å². The van der Waals surface area contributed by atoms with Crippen LogP contribution in [0.15, 0.2) is 115 Å². The Bertz CT molecular complexity index is 3140. The number of hydrogen-bond acceptors (Lipinski definition) is 22. The van der Waals surface area contributed by atoms with Gasteiger partial charge in [-0.1, -0.05) is 24.3 Å². The van der Waals surface area contributed by atoms with Gasteiger partial charge in [-0.05, 0) is 113 Å². The Labute approximate surface area is 444 Å². The number of aliphatic hydroxyl groups is 5. The Morgan fingerprint density at radius 3 is 1.45 bits per heavy atom. The molecule has 6 aromatic rings. The summed E-state index contributed by atoms with van der Waals surface area (Å²) in [5.41, 5.74) is 1.34. The molecule has 22 nitrogen and oxygen atoms in total. The molecule has 8 rings (SSSR count). The van der Waals surface area contributed by atoms with Crippen LogP contribution in [0.2, 0.25) is 0 Å². The zero-order valence-corrected chi connectivity index (χ0v) is 43.1. The maximum Gasteiger partial charge on any atom is 0.342 e. The van der Waals surface area contributed by atoms with Gasteiger partial charge in [-0.2, -0.15) is 0 Å². The molecule has 0 spiro atoms. The molecule has 23 heteroatoms. The van der Waals surface area contributed by atoms with E-state index in [0.717, 1.165) is 5.56 Å². The summed E-state index contributed by atoms with van der Waals surface area (Å²) < 4.78 is 58.5. The fourth-order valence-corrected chi connectivity index (χ4v) is 8.04. The summed E-state index contributed by atoms with van der Waals surface area (Å²) in [5, 5.41) is 52.6. The number of halogens is 1. The third-order valence-electron chi connectivity index (χ3n) is 11.6. The summed E-state index contributed by atoms with van der Waals surface area (Å²) in [4.78, 5) is 71.7. The predicted octanol–water partition coefficient (Wildman–Crippen LogP) is 4.43. The summed E-state index contributed by atoms with van der Waals surface area (Å²) in [6.07, 6.45) is -16.3. The van der Waals surface area contributed by atoms with Gasteiger partial charge in [0.15, 0.2) is 18.3 Å². The minimum atomic E-state index is -1.79. The normalized spacial score (nSPS) is 22.7. The molecule has 412 valence electrons. The van der Waals surface area contributed by atoms with Gasteiger partial charge >= 0.3 is 29.2 Å². The third kappa shape index (κ3) is 14.5. The Hall–Kier alpha value is -7.41. The highest BCUT2D eigenvalue weighted by Crippen LogP contribution is 2.32. The van der Waals surface area contributed by atoms with E-state index in [1.807, 2.05) is 6.92 Å².